The molecule has 1 saturated carbocycles. The highest BCUT2D eigenvalue weighted by Gasteiger charge is 2.23. The summed E-state index contributed by atoms with van der Waals surface area (Å²) in [5.74, 6) is 0.770. The molecule has 1 amide bonds. The summed E-state index contributed by atoms with van der Waals surface area (Å²) in [6, 6.07) is 7.51. The number of hydrogen-bond donors (Lipinski definition) is 2. The molecular formula is C17H26N2O2. The molecule has 2 rings (SSSR count). The molecule has 1 aliphatic rings. The Kier molecular flexibility index (Phi) is 6.05. The maximum atomic E-state index is 12.2. The van der Waals surface area contributed by atoms with Gasteiger partial charge in [-0.2, -0.15) is 0 Å². The molecular weight excluding hydrogens is 264 g/mol. The zero-order valence-electron chi connectivity index (χ0n) is 12.8. The summed E-state index contributed by atoms with van der Waals surface area (Å²) in [6.45, 7) is 2.85. The summed E-state index contributed by atoms with van der Waals surface area (Å²) in [6.07, 6.45) is 6.43. The first-order chi connectivity index (χ1) is 10.2. The zero-order valence-corrected chi connectivity index (χ0v) is 12.8. The minimum Gasteiger partial charge on any atom is -0.494 e. The van der Waals surface area contributed by atoms with E-state index in [1.54, 1.807) is 0 Å². The fourth-order valence-corrected chi connectivity index (χ4v) is 2.63. The highest BCUT2D eigenvalue weighted by molar-refractivity contribution is 5.94. The van der Waals surface area contributed by atoms with Crippen LogP contribution in [0.5, 0.6) is 5.75 Å². The first-order valence-electron chi connectivity index (χ1n) is 8.00. The third kappa shape index (κ3) is 4.74. The Morgan fingerprint density at radius 2 is 2.00 bits per heavy atom. The quantitative estimate of drug-likeness (QED) is 0.792. The van der Waals surface area contributed by atoms with E-state index in [0.717, 1.165) is 50.9 Å². The lowest BCUT2D eigenvalue weighted by atomic mass is 9.91. The van der Waals surface area contributed by atoms with Crippen molar-refractivity contribution in [3.63, 3.8) is 0 Å². The van der Waals surface area contributed by atoms with Crippen LogP contribution in [0, 0.1) is 0 Å². The van der Waals surface area contributed by atoms with Crippen LogP contribution in [0.15, 0.2) is 24.3 Å². The summed E-state index contributed by atoms with van der Waals surface area (Å²) in [4.78, 5) is 12.2. The Bertz CT molecular complexity index is 445. The van der Waals surface area contributed by atoms with Gasteiger partial charge in [-0.05, 0) is 43.5 Å². The van der Waals surface area contributed by atoms with Crippen molar-refractivity contribution in [2.24, 2.45) is 5.73 Å². The van der Waals surface area contributed by atoms with Gasteiger partial charge >= 0.3 is 0 Å². The number of carbonyl (C=O) groups is 1. The van der Waals surface area contributed by atoms with Gasteiger partial charge in [-0.3, -0.25) is 4.79 Å². The summed E-state index contributed by atoms with van der Waals surface area (Å²) < 4.78 is 5.60. The molecule has 0 saturated heterocycles. The molecule has 2 atom stereocenters. The lowest BCUT2D eigenvalue weighted by molar-refractivity contribution is 0.0921. The van der Waals surface area contributed by atoms with Crippen LogP contribution in [0.3, 0.4) is 0 Å². The number of nitrogens with two attached hydrogens (primary N) is 1. The summed E-state index contributed by atoms with van der Waals surface area (Å²) in [7, 11) is 0. The normalized spacial score (nSPS) is 21.8. The third-order valence-corrected chi connectivity index (χ3v) is 4.02. The molecule has 0 spiro atoms. The smallest absolute Gasteiger partial charge is 0.251 e. The fraction of sp³-hybridized carbons (Fsp3) is 0.588. The van der Waals surface area contributed by atoms with Crippen molar-refractivity contribution in [1.82, 2.24) is 5.32 Å². The van der Waals surface area contributed by atoms with Gasteiger partial charge in [-0.25, -0.2) is 0 Å². The molecule has 1 aromatic carbocycles. The lowest BCUT2D eigenvalue weighted by Gasteiger charge is -2.29. The van der Waals surface area contributed by atoms with Crippen molar-refractivity contribution < 1.29 is 9.53 Å². The molecule has 0 aliphatic heterocycles. The molecule has 0 bridgehead atoms. The van der Waals surface area contributed by atoms with Crippen LogP contribution in [-0.2, 0) is 0 Å². The van der Waals surface area contributed by atoms with Crippen molar-refractivity contribution in [3.05, 3.63) is 29.8 Å². The molecule has 0 aromatic heterocycles. The predicted molar refractivity (Wildman–Crippen MR) is 84.5 cm³/mol. The van der Waals surface area contributed by atoms with Gasteiger partial charge in [-0.15, -0.1) is 0 Å². The summed E-state index contributed by atoms with van der Waals surface area (Å²) in [5, 5.41) is 3.05. The SMILES string of the molecule is CCCCOc1ccc(C(=O)N[C@@H]2CCCC[C@@H]2N)cc1. The van der Waals surface area contributed by atoms with Gasteiger partial charge in [0.05, 0.1) is 6.61 Å². The van der Waals surface area contributed by atoms with Crippen LogP contribution in [0.25, 0.3) is 0 Å². The number of hydrogen-bond acceptors (Lipinski definition) is 3. The second-order valence-corrected chi connectivity index (χ2v) is 5.75. The second kappa shape index (κ2) is 8.03. The summed E-state index contributed by atoms with van der Waals surface area (Å²) >= 11 is 0. The molecule has 3 N–H and O–H groups in total. The van der Waals surface area contributed by atoms with Crippen LogP contribution >= 0.6 is 0 Å². The standard InChI is InChI=1S/C17H26N2O2/c1-2-3-12-21-14-10-8-13(9-11-14)17(20)19-16-7-5-4-6-15(16)18/h8-11,15-16H,2-7,12,18H2,1H3,(H,19,20)/t15-,16+/m0/s1. The molecule has 21 heavy (non-hydrogen) atoms. The molecule has 1 fully saturated rings. The lowest BCUT2D eigenvalue weighted by Crippen LogP contribution is -2.49. The fourth-order valence-electron chi connectivity index (χ4n) is 2.63. The minimum atomic E-state index is -0.0440. The van der Waals surface area contributed by atoms with Gasteiger partial charge in [-0.1, -0.05) is 26.2 Å². The molecule has 4 nitrogen and oxygen atoms in total. The van der Waals surface area contributed by atoms with Crippen molar-refractivity contribution in [2.45, 2.75) is 57.5 Å². The Morgan fingerprint density at radius 3 is 2.67 bits per heavy atom. The predicted octanol–water partition coefficient (Wildman–Crippen LogP) is 2.87. The number of amides is 1. The van der Waals surface area contributed by atoms with E-state index in [4.69, 9.17) is 10.5 Å². The first kappa shape index (κ1) is 15.8. The van der Waals surface area contributed by atoms with E-state index in [0.29, 0.717) is 5.56 Å². The van der Waals surface area contributed by atoms with Gasteiger partial charge in [0.2, 0.25) is 0 Å². The number of rotatable bonds is 6. The number of benzene rings is 1. The third-order valence-electron chi connectivity index (χ3n) is 4.02. The van der Waals surface area contributed by atoms with E-state index in [1.165, 1.54) is 0 Å². The molecule has 116 valence electrons. The van der Waals surface area contributed by atoms with Crippen molar-refractivity contribution in [1.29, 1.82) is 0 Å². The van der Waals surface area contributed by atoms with E-state index in [2.05, 4.69) is 12.2 Å². The largest absolute Gasteiger partial charge is 0.494 e. The van der Waals surface area contributed by atoms with E-state index in [-0.39, 0.29) is 18.0 Å². The Morgan fingerprint density at radius 1 is 1.29 bits per heavy atom. The molecule has 1 aromatic rings. The number of nitrogens with one attached hydrogen (secondary N) is 1. The molecule has 1 aliphatic carbocycles. The molecule has 4 heteroatoms. The van der Waals surface area contributed by atoms with E-state index >= 15 is 0 Å². The van der Waals surface area contributed by atoms with E-state index in [9.17, 15) is 4.79 Å². The van der Waals surface area contributed by atoms with Crippen LogP contribution in [0.1, 0.15) is 55.8 Å². The first-order valence-corrected chi connectivity index (χ1v) is 8.00. The van der Waals surface area contributed by atoms with E-state index in [1.807, 2.05) is 24.3 Å². The highest BCUT2D eigenvalue weighted by Crippen LogP contribution is 2.18. The van der Waals surface area contributed by atoms with Gasteiger partial charge in [0.15, 0.2) is 0 Å². The molecule has 0 radical (unpaired) electrons. The minimum absolute atomic E-state index is 0.0440. The maximum Gasteiger partial charge on any atom is 0.251 e. The number of carbonyl (C=O) groups excluding carboxylic acids is 1. The van der Waals surface area contributed by atoms with Crippen LogP contribution < -0.4 is 15.8 Å². The van der Waals surface area contributed by atoms with Crippen LogP contribution in [0.4, 0.5) is 0 Å². The van der Waals surface area contributed by atoms with Crippen LogP contribution in [0.2, 0.25) is 0 Å². The maximum absolute atomic E-state index is 12.2. The van der Waals surface area contributed by atoms with Crippen molar-refractivity contribution in [3.8, 4) is 5.75 Å². The number of unbranched alkanes of at least 4 members (excludes halogenated alkanes) is 1. The van der Waals surface area contributed by atoms with Crippen molar-refractivity contribution in [2.75, 3.05) is 6.61 Å². The number of ether oxygens (including phenoxy) is 1. The second-order valence-electron chi connectivity index (χ2n) is 5.75. The molecule has 0 heterocycles. The zero-order chi connectivity index (χ0) is 15.1. The van der Waals surface area contributed by atoms with Gasteiger partial charge in [0.25, 0.3) is 5.91 Å². The van der Waals surface area contributed by atoms with Gasteiger partial charge in [0.1, 0.15) is 5.75 Å². The topological polar surface area (TPSA) is 64.3 Å². The molecule has 0 unspecified atom stereocenters. The average Bonchev–Trinajstić information content (AvgIpc) is 2.50. The van der Waals surface area contributed by atoms with E-state index < -0.39 is 0 Å². The Balaban J connectivity index is 1.87. The van der Waals surface area contributed by atoms with Crippen molar-refractivity contribution >= 4 is 5.91 Å². The monoisotopic (exact) mass is 290 g/mol. The Labute approximate surface area is 127 Å². The highest BCUT2D eigenvalue weighted by atomic mass is 16.5. The van der Waals surface area contributed by atoms with Gasteiger partial charge < -0.3 is 15.8 Å². The van der Waals surface area contributed by atoms with Gasteiger partial charge in [0, 0.05) is 17.6 Å². The average molecular weight is 290 g/mol. The Hall–Kier alpha value is -1.55. The van der Waals surface area contributed by atoms with Crippen LogP contribution in [-0.4, -0.2) is 24.6 Å². The summed E-state index contributed by atoms with van der Waals surface area (Å²) in [5.41, 5.74) is 6.73.